The number of aromatic nitrogens is 2. The Morgan fingerprint density at radius 3 is 2.61 bits per heavy atom. The van der Waals surface area contributed by atoms with Crippen molar-refractivity contribution in [2.24, 2.45) is 0 Å². The number of rotatable bonds is 3. The van der Waals surface area contributed by atoms with Gasteiger partial charge in [-0.15, -0.1) is 0 Å². The third-order valence-corrected chi connectivity index (χ3v) is 2.98. The van der Waals surface area contributed by atoms with E-state index in [1.54, 1.807) is 26.4 Å². The number of methoxy groups -OCH3 is 2. The Morgan fingerprint density at radius 1 is 1.17 bits per heavy atom. The minimum atomic E-state index is 0.344. The molecule has 1 N–H and O–H groups in total. The molecule has 1 aromatic heterocycles. The number of H-pyrrole nitrogens is 1. The van der Waals surface area contributed by atoms with Crippen molar-refractivity contribution in [3.63, 3.8) is 0 Å². The van der Waals surface area contributed by atoms with E-state index in [-0.39, 0.29) is 0 Å². The van der Waals surface area contributed by atoms with Gasteiger partial charge in [-0.3, -0.25) is 5.10 Å². The van der Waals surface area contributed by atoms with Crippen molar-refractivity contribution in [1.29, 1.82) is 0 Å². The first-order valence-electron chi connectivity index (χ1n) is 5.13. The molecular formula is C12H11ClN2O2S. The van der Waals surface area contributed by atoms with E-state index in [2.05, 4.69) is 10.2 Å². The van der Waals surface area contributed by atoms with E-state index >= 15 is 0 Å². The van der Waals surface area contributed by atoms with Crippen molar-refractivity contribution < 1.29 is 9.47 Å². The molecule has 18 heavy (non-hydrogen) atoms. The average molecular weight is 283 g/mol. The highest BCUT2D eigenvalue weighted by atomic mass is 35.5. The molecule has 0 aliphatic carbocycles. The third kappa shape index (κ3) is 2.47. The Balaban J connectivity index is 2.63. The third-order valence-electron chi connectivity index (χ3n) is 2.47. The van der Waals surface area contributed by atoms with Crippen LogP contribution in [0, 0.1) is 4.64 Å². The maximum atomic E-state index is 5.87. The van der Waals surface area contributed by atoms with Crippen molar-refractivity contribution >= 4 is 23.8 Å². The zero-order valence-electron chi connectivity index (χ0n) is 9.86. The van der Waals surface area contributed by atoms with Gasteiger partial charge in [-0.2, -0.15) is 5.10 Å². The Hall–Kier alpha value is -1.59. The van der Waals surface area contributed by atoms with Crippen LogP contribution in [-0.4, -0.2) is 24.4 Å². The van der Waals surface area contributed by atoms with E-state index in [4.69, 9.17) is 33.3 Å². The molecule has 4 nitrogen and oxygen atoms in total. The molecule has 2 aromatic rings. The summed E-state index contributed by atoms with van der Waals surface area (Å²) < 4.78 is 11.0. The first-order chi connectivity index (χ1) is 8.65. The fraction of sp³-hybridized carbons (Fsp3) is 0.167. The van der Waals surface area contributed by atoms with Crippen molar-refractivity contribution in [2.75, 3.05) is 14.2 Å². The van der Waals surface area contributed by atoms with E-state index in [0.717, 1.165) is 11.1 Å². The molecule has 1 heterocycles. The van der Waals surface area contributed by atoms with Gasteiger partial charge in [0, 0.05) is 17.2 Å². The van der Waals surface area contributed by atoms with Crippen LogP contribution in [0.5, 0.6) is 11.5 Å². The molecule has 0 spiro atoms. The summed E-state index contributed by atoms with van der Waals surface area (Å²) in [7, 11) is 3.19. The molecule has 0 aliphatic rings. The molecule has 0 aliphatic heterocycles. The van der Waals surface area contributed by atoms with E-state index in [0.29, 0.717) is 21.3 Å². The Kier molecular flexibility index (Phi) is 3.84. The highest BCUT2D eigenvalue weighted by molar-refractivity contribution is 7.71. The number of ether oxygens (including phenoxy) is 2. The lowest BCUT2D eigenvalue weighted by Crippen LogP contribution is -1.93. The summed E-state index contributed by atoms with van der Waals surface area (Å²) in [5.74, 6) is 1.38. The smallest absolute Gasteiger partial charge is 0.150 e. The fourth-order valence-electron chi connectivity index (χ4n) is 1.60. The van der Waals surface area contributed by atoms with Crippen LogP contribution < -0.4 is 9.47 Å². The lowest BCUT2D eigenvalue weighted by atomic mass is 10.1. The zero-order valence-corrected chi connectivity index (χ0v) is 11.4. The van der Waals surface area contributed by atoms with Crippen LogP contribution in [0.25, 0.3) is 11.1 Å². The number of nitrogens with one attached hydrogen (secondary N) is 1. The van der Waals surface area contributed by atoms with Crippen molar-refractivity contribution in [3.8, 4) is 22.6 Å². The summed E-state index contributed by atoms with van der Waals surface area (Å²) in [6.07, 6.45) is 0. The lowest BCUT2D eigenvalue weighted by molar-refractivity contribution is 0.395. The Labute approximate surface area is 115 Å². The largest absolute Gasteiger partial charge is 0.497 e. The predicted molar refractivity (Wildman–Crippen MR) is 73.0 cm³/mol. The minimum absolute atomic E-state index is 0.344. The first kappa shape index (κ1) is 12.9. The second-order valence-corrected chi connectivity index (χ2v) is 4.30. The highest BCUT2D eigenvalue weighted by Crippen LogP contribution is 2.34. The van der Waals surface area contributed by atoms with E-state index in [1.807, 2.05) is 12.1 Å². The lowest BCUT2D eigenvalue weighted by Gasteiger charge is -2.10. The van der Waals surface area contributed by atoms with Crippen LogP contribution in [0.1, 0.15) is 0 Å². The summed E-state index contributed by atoms with van der Waals surface area (Å²) in [5.41, 5.74) is 1.60. The molecule has 0 fully saturated rings. The van der Waals surface area contributed by atoms with Crippen LogP contribution in [-0.2, 0) is 0 Å². The monoisotopic (exact) mass is 282 g/mol. The molecule has 0 amide bonds. The number of benzene rings is 1. The number of hydrogen-bond donors (Lipinski definition) is 1. The quantitative estimate of drug-likeness (QED) is 0.876. The standard InChI is InChI=1S/C12H11ClN2O2S/c1-16-7-3-4-8(10(5-7)17-2)9-6-11(13)14-15-12(9)18/h3-6H,1-2H3,(H,15,18). The number of hydrogen-bond acceptors (Lipinski definition) is 4. The molecule has 0 saturated carbocycles. The van der Waals surface area contributed by atoms with Crippen LogP contribution >= 0.6 is 23.8 Å². The van der Waals surface area contributed by atoms with Gasteiger partial charge in [-0.25, -0.2) is 0 Å². The molecule has 0 bridgehead atoms. The number of halogens is 1. The summed E-state index contributed by atoms with van der Waals surface area (Å²) >= 11 is 11.1. The van der Waals surface area contributed by atoms with Crippen LogP contribution in [0.3, 0.4) is 0 Å². The summed E-state index contributed by atoms with van der Waals surface area (Å²) in [6, 6.07) is 7.19. The molecule has 1 aromatic carbocycles. The molecule has 2 rings (SSSR count). The molecule has 0 unspecified atom stereocenters. The molecule has 0 atom stereocenters. The molecule has 94 valence electrons. The molecular weight excluding hydrogens is 272 g/mol. The van der Waals surface area contributed by atoms with Gasteiger partial charge in [0.15, 0.2) is 0 Å². The SMILES string of the molecule is COc1ccc(-c2cc(Cl)n[nH]c2=S)c(OC)c1. The first-order valence-corrected chi connectivity index (χ1v) is 5.92. The maximum absolute atomic E-state index is 5.87. The van der Waals surface area contributed by atoms with Crippen LogP contribution in [0.15, 0.2) is 24.3 Å². The summed E-state index contributed by atoms with van der Waals surface area (Å²) in [4.78, 5) is 0. The van der Waals surface area contributed by atoms with Crippen molar-refractivity contribution in [1.82, 2.24) is 10.2 Å². The van der Waals surface area contributed by atoms with Gasteiger partial charge in [0.1, 0.15) is 21.3 Å². The van der Waals surface area contributed by atoms with Gasteiger partial charge in [-0.05, 0) is 18.2 Å². The summed E-state index contributed by atoms with van der Waals surface area (Å²) in [6.45, 7) is 0. The zero-order chi connectivity index (χ0) is 13.1. The number of aromatic amines is 1. The normalized spacial score (nSPS) is 10.2. The molecule has 0 saturated heterocycles. The predicted octanol–water partition coefficient (Wildman–Crippen LogP) is 3.48. The molecule has 6 heteroatoms. The average Bonchev–Trinajstić information content (AvgIpc) is 2.41. The second-order valence-electron chi connectivity index (χ2n) is 3.50. The van der Waals surface area contributed by atoms with Gasteiger partial charge >= 0.3 is 0 Å². The van der Waals surface area contributed by atoms with Crippen molar-refractivity contribution in [2.45, 2.75) is 0 Å². The molecule has 0 radical (unpaired) electrons. The van der Waals surface area contributed by atoms with E-state index < -0.39 is 0 Å². The van der Waals surface area contributed by atoms with Crippen molar-refractivity contribution in [3.05, 3.63) is 34.1 Å². The van der Waals surface area contributed by atoms with Gasteiger partial charge in [0.05, 0.1) is 14.2 Å². The van der Waals surface area contributed by atoms with E-state index in [9.17, 15) is 0 Å². The highest BCUT2D eigenvalue weighted by Gasteiger charge is 2.10. The van der Waals surface area contributed by atoms with E-state index in [1.165, 1.54) is 0 Å². The fourth-order valence-corrected chi connectivity index (χ4v) is 1.97. The second kappa shape index (κ2) is 5.37. The Morgan fingerprint density at radius 2 is 1.94 bits per heavy atom. The summed E-state index contributed by atoms with van der Waals surface area (Å²) in [5, 5.41) is 6.86. The van der Waals surface area contributed by atoms with Gasteiger partial charge in [-0.1, -0.05) is 23.8 Å². The topological polar surface area (TPSA) is 47.1 Å². The Bertz CT molecular complexity index is 628. The van der Waals surface area contributed by atoms with Crippen LogP contribution in [0.2, 0.25) is 5.15 Å². The number of nitrogens with zero attached hydrogens (tertiary/aromatic N) is 1. The van der Waals surface area contributed by atoms with Gasteiger partial charge in [0.25, 0.3) is 0 Å². The maximum Gasteiger partial charge on any atom is 0.150 e. The van der Waals surface area contributed by atoms with Gasteiger partial charge in [0.2, 0.25) is 0 Å². The van der Waals surface area contributed by atoms with Crippen LogP contribution in [0.4, 0.5) is 0 Å². The van der Waals surface area contributed by atoms with Gasteiger partial charge < -0.3 is 9.47 Å². The minimum Gasteiger partial charge on any atom is -0.497 e.